The Labute approximate surface area is 146 Å². The molecule has 0 fully saturated rings. The summed E-state index contributed by atoms with van der Waals surface area (Å²) in [7, 11) is -3.67. The molecule has 0 saturated heterocycles. The highest BCUT2D eigenvalue weighted by atomic mass is 32.2. The Morgan fingerprint density at radius 3 is 2.50 bits per heavy atom. The second-order valence-electron chi connectivity index (χ2n) is 5.75. The van der Waals surface area contributed by atoms with Gasteiger partial charge in [0.05, 0.1) is 17.4 Å². The van der Waals surface area contributed by atoms with E-state index in [0.717, 1.165) is 24.5 Å². The third-order valence-electron chi connectivity index (χ3n) is 3.68. The van der Waals surface area contributed by atoms with E-state index >= 15 is 0 Å². The molecule has 4 N–H and O–H groups in total. The lowest BCUT2D eigenvalue weighted by Gasteiger charge is -2.26. The minimum atomic E-state index is -4.72. The van der Waals surface area contributed by atoms with Gasteiger partial charge in [0.15, 0.2) is 15.8 Å². The number of nitrogens with two attached hydrogens (primary N) is 1. The Balaban J connectivity index is 2.49. The van der Waals surface area contributed by atoms with Crippen molar-refractivity contribution >= 4 is 27.6 Å². The van der Waals surface area contributed by atoms with Crippen LogP contribution >= 0.6 is 0 Å². The Hall–Kier alpha value is -2.63. The molecule has 2 amide bonds. The highest BCUT2D eigenvalue weighted by molar-refractivity contribution is 7.90. The molecule has 0 saturated carbocycles. The molecule has 1 unspecified atom stereocenters. The van der Waals surface area contributed by atoms with Gasteiger partial charge in [-0.1, -0.05) is 0 Å². The summed E-state index contributed by atoms with van der Waals surface area (Å²) in [5, 5.41) is 8.93. The molecule has 12 heteroatoms. The van der Waals surface area contributed by atoms with Gasteiger partial charge in [0.25, 0.3) is 5.91 Å². The molecule has 1 aromatic carbocycles. The van der Waals surface area contributed by atoms with E-state index in [2.05, 4.69) is 0 Å². The first-order valence-electron chi connectivity index (χ1n) is 7.15. The van der Waals surface area contributed by atoms with Crippen LogP contribution in [0.1, 0.15) is 28.4 Å². The SMILES string of the molecule is CS(=O)(=O)c1ccc2c(c1)C(CC(=O)NC(=N)N)N(CC(F)(F)F)C2=O. The maximum atomic E-state index is 12.8. The number of alkyl halides is 3. The number of nitrogens with one attached hydrogen (secondary N) is 2. The van der Waals surface area contributed by atoms with Crippen molar-refractivity contribution in [3.63, 3.8) is 0 Å². The van der Waals surface area contributed by atoms with Gasteiger partial charge in [0.1, 0.15) is 6.54 Å². The number of halogens is 3. The second kappa shape index (κ2) is 6.59. The number of hydrogen-bond donors (Lipinski definition) is 3. The Morgan fingerprint density at radius 1 is 1.38 bits per heavy atom. The molecule has 2 rings (SSSR count). The molecule has 1 aromatic rings. The minimum absolute atomic E-state index is 0.000812. The molecule has 26 heavy (non-hydrogen) atoms. The summed E-state index contributed by atoms with van der Waals surface area (Å²) in [6.45, 7) is -1.60. The van der Waals surface area contributed by atoms with Crippen LogP contribution in [0.4, 0.5) is 13.2 Å². The quantitative estimate of drug-likeness (QED) is 0.508. The zero-order valence-corrected chi connectivity index (χ0v) is 14.2. The van der Waals surface area contributed by atoms with Crippen LogP contribution in [0.25, 0.3) is 0 Å². The van der Waals surface area contributed by atoms with Crippen LogP contribution in [0.2, 0.25) is 0 Å². The number of carbonyl (C=O) groups excluding carboxylic acids is 2. The fourth-order valence-electron chi connectivity index (χ4n) is 2.68. The standard InChI is InChI=1S/C14H15F3N4O4S/c1-26(24,25)7-2-3-8-9(4-7)10(5-11(22)20-13(18)19)21(12(8)23)6-14(15,16)17/h2-4,10H,5-6H2,1H3,(H4,18,19,20,22). The minimum Gasteiger partial charge on any atom is -0.370 e. The van der Waals surface area contributed by atoms with E-state index in [9.17, 15) is 31.2 Å². The molecular formula is C14H15F3N4O4S. The highest BCUT2D eigenvalue weighted by Gasteiger charge is 2.44. The van der Waals surface area contributed by atoms with Gasteiger partial charge in [-0.05, 0) is 23.8 Å². The first kappa shape index (κ1) is 19.7. The van der Waals surface area contributed by atoms with Crippen molar-refractivity contribution in [1.29, 1.82) is 5.41 Å². The number of hydrogen-bond acceptors (Lipinski definition) is 5. The van der Waals surface area contributed by atoms with E-state index in [1.165, 1.54) is 0 Å². The average molecular weight is 392 g/mol. The summed E-state index contributed by atoms with van der Waals surface area (Å²) in [4.78, 5) is 24.4. The number of amides is 2. The topological polar surface area (TPSA) is 133 Å². The van der Waals surface area contributed by atoms with E-state index in [4.69, 9.17) is 11.1 Å². The van der Waals surface area contributed by atoms with Crippen LogP contribution in [-0.2, 0) is 14.6 Å². The largest absolute Gasteiger partial charge is 0.406 e. The third kappa shape index (κ3) is 4.31. The van der Waals surface area contributed by atoms with Crippen molar-refractivity contribution in [1.82, 2.24) is 10.2 Å². The zero-order valence-electron chi connectivity index (χ0n) is 13.4. The van der Waals surface area contributed by atoms with Gasteiger partial charge >= 0.3 is 6.18 Å². The van der Waals surface area contributed by atoms with Crippen LogP contribution in [0.5, 0.6) is 0 Å². The normalized spacial score (nSPS) is 17.2. The molecule has 1 heterocycles. The van der Waals surface area contributed by atoms with Crippen molar-refractivity contribution in [2.24, 2.45) is 5.73 Å². The maximum absolute atomic E-state index is 12.8. The fourth-order valence-corrected chi connectivity index (χ4v) is 3.33. The van der Waals surface area contributed by atoms with E-state index < -0.39 is 52.8 Å². The van der Waals surface area contributed by atoms with E-state index in [0.29, 0.717) is 4.90 Å². The van der Waals surface area contributed by atoms with Crippen molar-refractivity contribution in [3.8, 4) is 0 Å². The molecule has 8 nitrogen and oxygen atoms in total. The van der Waals surface area contributed by atoms with Crippen LogP contribution in [-0.4, -0.2) is 50.1 Å². The van der Waals surface area contributed by atoms with Crippen molar-refractivity contribution < 1.29 is 31.2 Å². The number of rotatable bonds is 4. The zero-order chi connectivity index (χ0) is 19.9. The Morgan fingerprint density at radius 2 is 2.00 bits per heavy atom. The van der Waals surface area contributed by atoms with Gasteiger partial charge in [-0.15, -0.1) is 0 Å². The molecular weight excluding hydrogens is 377 g/mol. The molecule has 1 aliphatic rings. The summed E-state index contributed by atoms with van der Waals surface area (Å²) in [5.74, 6) is -2.54. The monoisotopic (exact) mass is 392 g/mol. The predicted octanol–water partition coefficient (Wildman–Crippen LogP) is 0.549. The lowest BCUT2D eigenvalue weighted by Crippen LogP contribution is -2.41. The Kier molecular flexibility index (Phi) is 4.99. The molecule has 1 aliphatic heterocycles. The van der Waals surface area contributed by atoms with Gasteiger partial charge in [0, 0.05) is 11.8 Å². The molecule has 0 radical (unpaired) electrons. The summed E-state index contributed by atoms with van der Waals surface area (Å²) in [6.07, 6.45) is -4.41. The highest BCUT2D eigenvalue weighted by Crippen LogP contribution is 2.39. The summed E-state index contributed by atoms with van der Waals surface area (Å²) < 4.78 is 61.9. The number of carbonyl (C=O) groups is 2. The van der Waals surface area contributed by atoms with Crippen LogP contribution in [0.15, 0.2) is 23.1 Å². The number of nitrogens with zero attached hydrogens (tertiary/aromatic N) is 1. The Bertz CT molecular complexity index is 883. The molecule has 0 bridgehead atoms. The van der Waals surface area contributed by atoms with Crippen LogP contribution < -0.4 is 11.1 Å². The first-order chi connectivity index (χ1) is 11.8. The maximum Gasteiger partial charge on any atom is 0.406 e. The lowest BCUT2D eigenvalue weighted by molar-refractivity contribution is -0.145. The number of fused-ring (bicyclic) bond motifs is 1. The molecule has 0 spiro atoms. The van der Waals surface area contributed by atoms with Gasteiger partial charge in [-0.2, -0.15) is 13.2 Å². The molecule has 142 valence electrons. The van der Waals surface area contributed by atoms with Gasteiger partial charge < -0.3 is 10.6 Å². The van der Waals surface area contributed by atoms with Crippen LogP contribution in [0, 0.1) is 5.41 Å². The summed E-state index contributed by atoms with van der Waals surface area (Å²) in [6, 6.07) is 2.00. The summed E-state index contributed by atoms with van der Waals surface area (Å²) in [5.41, 5.74) is 4.91. The van der Waals surface area contributed by atoms with Crippen molar-refractivity contribution in [2.45, 2.75) is 23.5 Å². The average Bonchev–Trinajstić information content (AvgIpc) is 2.69. The van der Waals surface area contributed by atoms with Crippen molar-refractivity contribution in [3.05, 3.63) is 29.3 Å². The van der Waals surface area contributed by atoms with E-state index in [1.54, 1.807) is 0 Å². The molecule has 1 atom stereocenters. The lowest BCUT2D eigenvalue weighted by atomic mass is 10.0. The van der Waals surface area contributed by atoms with Gasteiger partial charge in [0.2, 0.25) is 5.91 Å². The second-order valence-corrected chi connectivity index (χ2v) is 7.77. The fraction of sp³-hybridized carbons (Fsp3) is 0.357. The van der Waals surface area contributed by atoms with Crippen molar-refractivity contribution in [2.75, 3.05) is 12.8 Å². The van der Waals surface area contributed by atoms with Crippen LogP contribution in [0.3, 0.4) is 0 Å². The molecule has 0 aliphatic carbocycles. The van der Waals surface area contributed by atoms with Gasteiger partial charge in [-0.25, -0.2) is 8.42 Å². The number of guanidine groups is 1. The summed E-state index contributed by atoms with van der Waals surface area (Å²) >= 11 is 0. The predicted molar refractivity (Wildman–Crippen MR) is 84.1 cm³/mol. The first-order valence-corrected chi connectivity index (χ1v) is 9.04. The third-order valence-corrected chi connectivity index (χ3v) is 4.79. The molecule has 0 aromatic heterocycles. The number of benzene rings is 1. The smallest absolute Gasteiger partial charge is 0.370 e. The van der Waals surface area contributed by atoms with E-state index in [-0.39, 0.29) is 16.0 Å². The number of sulfone groups is 1. The van der Waals surface area contributed by atoms with E-state index in [1.807, 2.05) is 5.32 Å². The van der Waals surface area contributed by atoms with Gasteiger partial charge in [-0.3, -0.25) is 20.3 Å².